The van der Waals surface area contributed by atoms with Crippen LogP contribution in [0.5, 0.6) is 5.75 Å². The highest BCUT2D eigenvalue weighted by molar-refractivity contribution is 6.31. The SMILES string of the molecule is COc1ccc(Cl)cc1NC(=O)CN(C)CC(=O)NC(C)C. The van der Waals surface area contributed by atoms with Crippen LogP contribution in [-0.2, 0) is 9.59 Å². The Morgan fingerprint density at radius 2 is 1.91 bits per heavy atom. The molecule has 0 spiro atoms. The molecule has 122 valence electrons. The Balaban J connectivity index is 2.56. The summed E-state index contributed by atoms with van der Waals surface area (Å²) in [5.74, 6) is 0.156. The molecule has 2 amide bonds. The number of hydrogen-bond acceptors (Lipinski definition) is 4. The Kier molecular flexibility index (Phi) is 7.14. The van der Waals surface area contributed by atoms with Crippen molar-refractivity contribution in [1.82, 2.24) is 10.2 Å². The Morgan fingerprint density at radius 3 is 2.50 bits per heavy atom. The summed E-state index contributed by atoms with van der Waals surface area (Å²) in [4.78, 5) is 25.3. The number of benzene rings is 1. The van der Waals surface area contributed by atoms with E-state index in [4.69, 9.17) is 16.3 Å². The van der Waals surface area contributed by atoms with Crippen LogP contribution in [0, 0.1) is 0 Å². The minimum Gasteiger partial charge on any atom is -0.495 e. The van der Waals surface area contributed by atoms with E-state index in [0.29, 0.717) is 16.5 Å². The van der Waals surface area contributed by atoms with Crippen LogP contribution in [0.2, 0.25) is 5.02 Å². The molecule has 1 rings (SSSR count). The summed E-state index contributed by atoms with van der Waals surface area (Å²) < 4.78 is 5.16. The van der Waals surface area contributed by atoms with Gasteiger partial charge in [0, 0.05) is 11.1 Å². The minimum atomic E-state index is -0.250. The highest BCUT2D eigenvalue weighted by Crippen LogP contribution is 2.27. The summed E-state index contributed by atoms with van der Waals surface area (Å²) in [5.41, 5.74) is 0.500. The molecule has 0 aliphatic heterocycles. The molecule has 6 nitrogen and oxygen atoms in total. The smallest absolute Gasteiger partial charge is 0.238 e. The quantitative estimate of drug-likeness (QED) is 0.800. The van der Waals surface area contributed by atoms with Crippen molar-refractivity contribution in [3.05, 3.63) is 23.2 Å². The zero-order chi connectivity index (χ0) is 16.7. The third-order valence-corrected chi connectivity index (χ3v) is 2.95. The van der Waals surface area contributed by atoms with Gasteiger partial charge in [0.2, 0.25) is 11.8 Å². The number of nitrogens with one attached hydrogen (secondary N) is 2. The summed E-state index contributed by atoms with van der Waals surface area (Å²) >= 11 is 5.91. The summed E-state index contributed by atoms with van der Waals surface area (Å²) in [5, 5.41) is 6.00. The predicted molar refractivity (Wildman–Crippen MR) is 87.4 cm³/mol. The van der Waals surface area contributed by atoms with Gasteiger partial charge in [-0.2, -0.15) is 0 Å². The fourth-order valence-electron chi connectivity index (χ4n) is 1.88. The Bertz CT molecular complexity index is 535. The van der Waals surface area contributed by atoms with Gasteiger partial charge in [0.15, 0.2) is 0 Å². The molecule has 0 aliphatic carbocycles. The van der Waals surface area contributed by atoms with Crippen molar-refractivity contribution >= 4 is 29.1 Å². The van der Waals surface area contributed by atoms with E-state index in [-0.39, 0.29) is 30.9 Å². The summed E-state index contributed by atoms with van der Waals surface area (Å²) in [6, 6.07) is 5.05. The number of methoxy groups -OCH3 is 1. The number of carbonyl (C=O) groups is 2. The van der Waals surface area contributed by atoms with E-state index < -0.39 is 0 Å². The number of carbonyl (C=O) groups excluding carboxylic acids is 2. The van der Waals surface area contributed by atoms with Gasteiger partial charge < -0.3 is 15.4 Å². The van der Waals surface area contributed by atoms with Gasteiger partial charge in [-0.05, 0) is 39.1 Å². The van der Waals surface area contributed by atoms with Crippen LogP contribution in [0.4, 0.5) is 5.69 Å². The van der Waals surface area contributed by atoms with Crippen molar-refractivity contribution in [1.29, 1.82) is 0 Å². The molecular formula is C15H22ClN3O3. The zero-order valence-corrected chi connectivity index (χ0v) is 14.0. The second kappa shape index (κ2) is 8.60. The molecule has 22 heavy (non-hydrogen) atoms. The number of likely N-dealkylation sites (N-methyl/N-ethyl adjacent to an activating group) is 1. The molecule has 0 unspecified atom stereocenters. The van der Waals surface area contributed by atoms with E-state index in [1.165, 1.54) is 7.11 Å². The summed E-state index contributed by atoms with van der Waals surface area (Å²) in [6.45, 7) is 4.01. The lowest BCUT2D eigenvalue weighted by molar-refractivity contribution is -0.123. The highest BCUT2D eigenvalue weighted by Gasteiger charge is 2.13. The first-order valence-corrected chi connectivity index (χ1v) is 7.31. The monoisotopic (exact) mass is 327 g/mol. The molecule has 7 heteroatoms. The van der Waals surface area contributed by atoms with Crippen LogP contribution in [0.3, 0.4) is 0 Å². The fraction of sp³-hybridized carbons (Fsp3) is 0.467. The molecule has 0 heterocycles. The molecule has 1 aromatic carbocycles. The van der Waals surface area contributed by atoms with Gasteiger partial charge in [-0.3, -0.25) is 14.5 Å². The van der Waals surface area contributed by atoms with Crippen molar-refractivity contribution < 1.29 is 14.3 Å². The van der Waals surface area contributed by atoms with E-state index in [1.54, 1.807) is 30.1 Å². The number of nitrogens with zero attached hydrogens (tertiary/aromatic N) is 1. The second-order valence-electron chi connectivity index (χ2n) is 5.29. The fourth-order valence-corrected chi connectivity index (χ4v) is 2.05. The highest BCUT2D eigenvalue weighted by atomic mass is 35.5. The normalized spacial score (nSPS) is 10.7. The molecule has 0 fully saturated rings. The topological polar surface area (TPSA) is 70.7 Å². The lowest BCUT2D eigenvalue weighted by Crippen LogP contribution is -2.41. The van der Waals surface area contributed by atoms with Gasteiger partial charge in [0.1, 0.15) is 5.75 Å². The number of amides is 2. The van der Waals surface area contributed by atoms with E-state index in [2.05, 4.69) is 10.6 Å². The van der Waals surface area contributed by atoms with Crippen molar-refractivity contribution in [2.45, 2.75) is 19.9 Å². The molecule has 0 radical (unpaired) electrons. The number of rotatable bonds is 7. The average molecular weight is 328 g/mol. The summed E-state index contributed by atoms with van der Waals surface area (Å²) in [6.07, 6.45) is 0. The maximum Gasteiger partial charge on any atom is 0.238 e. The number of anilines is 1. The van der Waals surface area contributed by atoms with E-state index in [0.717, 1.165) is 0 Å². The van der Waals surface area contributed by atoms with Gasteiger partial charge >= 0.3 is 0 Å². The number of ether oxygens (including phenoxy) is 1. The van der Waals surface area contributed by atoms with Crippen LogP contribution in [0.25, 0.3) is 0 Å². The van der Waals surface area contributed by atoms with Gasteiger partial charge in [-0.1, -0.05) is 11.6 Å². The predicted octanol–water partition coefficient (Wildman–Crippen LogP) is 1.74. The first-order chi connectivity index (χ1) is 10.3. The lowest BCUT2D eigenvalue weighted by Gasteiger charge is -2.17. The molecule has 0 aromatic heterocycles. The first-order valence-electron chi connectivity index (χ1n) is 6.93. The van der Waals surface area contributed by atoms with E-state index in [1.807, 2.05) is 13.8 Å². The molecule has 0 saturated carbocycles. The third kappa shape index (κ3) is 6.32. The largest absolute Gasteiger partial charge is 0.495 e. The average Bonchev–Trinajstić information content (AvgIpc) is 2.37. The van der Waals surface area contributed by atoms with Gasteiger partial charge in [0.25, 0.3) is 0 Å². The molecule has 0 bridgehead atoms. The number of halogens is 1. The van der Waals surface area contributed by atoms with Crippen LogP contribution < -0.4 is 15.4 Å². The van der Waals surface area contributed by atoms with Crippen molar-refractivity contribution in [2.24, 2.45) is 0 Å². The molecule has 1 aromatic rings. The third-order valence-electron chi connectivity index (χ3n) is 2.71. The van der Waals surface area contributed by atoms with E-state index in [9.17, 15) is 9.59 Å². The maximum absolute atomic E-state index is 12.0. The molecule has 0 saturated heterocycles. The van der Waals surface area contributed by atoms with Crippen LogP contribution in [0.1, 0.15) is 13.8 Å². The second-order valence-corrected chi connectivity index (χ2v) is 5.72. The van der Waals surface area contributed by atoms with Gasteiger partial charge in [-0.25, -0.2) is 0 Å². The van der Waals surface area contributed by atoms with Crippen molar-refractivity contribution in [3.63, 3.8) is 0 Å². The standard InChI is InChI=1S/C15H22ClN3O3/c1-10(2)17-14(20)8-19(3)9-15(21)18-12-7-11(16)5-6-13(12)22-4/h5-7,10H,8-9H2,1-4H3,(H,17,20)(H,18,21). The Morgan fingerprint density at radius 1 is 1.27 bits per heavy atom. The maximum atomic E-state index is 12.0. The van der Waals surface area contributed by atoms with Crippen molar-refractivity contribution in [2.75, 3.05) is 32.6 Å². The lowest BCUT2D eigenvalue weighted by atomic mass is 10.3. The van der Waals surface area contributed by atoms with Crippen LogP contribution in [0.15, 0.2) is 18.2 Å². The van der Waals surface area contributed by atoms with Crippen molar-refractivity contribution in [3.8, 4) is 5.75 Å². The van der Waals surface area contributed by atoms with Crippen LogP contribution in [-0.4, -0.2) is 50.0 Å². The molecular weight excluding hydrogens is 306 g/mol. The molecule has 0 aliphatic rings. The number of hydrogen-bond donors (Lipinski definition) is 2. The van der Waals surface area contributed by atoms with E-state index >= 15 is 0 Å². The van der Waals surface area contributed by atoms with Crippen LogP contribution >= 0.6 is 11.6 Å². The zero-order valence-electron chi connectivity index (χ0n) is 13.3. The molecule has 0 atom stereocenters. The van der Waals surface area contributed by atoms with Gasteiger partial charge in [0.05, 0.1) is 25.9 Å². The Hall–Kier alpha value is -1.79. The first kappa shape index (κ1) is 18.3. The molecule has 2 N–H and O–H groups in total. The van der Waals surface area contributed by atoms with Gasteiger partial charge in [-0.15, -0.1) is 0 Å². The minimum absolute atomic E-state index is 0.0745. The Labute approximate surface area is 135 Å². The summed E-state index contributed by atoms with van der Waals surface area (Å²) in [7, 11) is 3.22.